The smallest absolute Gasteiger partial charge is 0.311 e. The molecule has 0 aliphatic carbocycles. The van der Waals surface area contributed by atoms with Crippen molar-refractivity contribution >= 4 is 23.5 Å². The summed E-state index contributed by atoms with van der Waals surface area (Å²) in [7, 11) is 0. The number of carboxylic acids is 2. The van der Waals surface area contributed by atoms with Gasteiger partial charge in [0.1, 0.15) is 6.67 Å². The fraction of sp³-hybridized carbons (Fsp3) is 0.486. The van der Waals surface area contributed by atoms with Gasteiger partial charge in [-0.15, -0.1) is 0 Å². The number of nitrogens with zero attached hydrogens (tertiary/aromatic N) is 2. The van der Waals surface area contributed by atoms with Gasteiger partial charge in [-0.3, -0.25) is 9.59 Å². The summed E-state index contributed by atoms with van der Waals surface area (Å²) >= 11 is 6.64. The number of halogens is 2. The largest absolute Gasteiger partial charge is 0.481 e. The summed E-state index contributed by atoms with van der Waals surface area (Å²) in [4.78, 5) is 35.6. The number of nitrogens with one attached hydrogen (secondary N) is 1. The molecule has 47 heavy (non-hydrogen) atoms. The summed E-state index contributed by atoms with van der Waals surface area (Å²) in [5.74, 6) is -2.61. The van der Waals surface area contributed by atoms with Gasteiger partial charge in [0.05, 0.1) is 36.7 Å². The van der Waals surface area contributed by atoms with Gasteiger partial charge in [-0.05, 0) is 38.3 Å². The first-order valence-corrected chi connectivity index (χ1v) is 16.3. The Hall–Kier alpha value is -3.64. The molecule has 2 heterocycles. The van der Waals surface area contributed by atoms with Crippen LogP contribution in [0.3, 0.4) is 0 Å². The molecule has 12 heteroatoms. The van der Waals surface area contributed by atoms with Crippen molar-refractivity contribution in [2.24, 2.45) is 16.6 Å². The minimum Gasteiger partial charge on any atom is -0.481 e. The minimum absolute atomic E-state index is 0.0895. The lowest BCUT2D eigenvalue weighted by atomic mass is 9.50. The zero-order valence-corrected chi connectivity index (χ0v) is 27.6. The van der Waals surface area contributed by atoms with Gasteiger partial charge in [-0.2, -0.15) is 4.98 Å². The van der Waals surface area contributed by atoms with Gasteiger partial charge in [0, 0.05) is 40.9 Å². The van der Waals surface area contributed by atoms with Crippen molar-refractivity contribution in [3.63, 3.8) is 0 Å². The lowest BCUT2D eigenvalue weighted by Crippen LogP contribution is -2.72. The molecule has 0 saturated carbocycles. The van der Waals surface area contributed by atoms with Crippen molar-refractivity contribution in [2.75, 3.05) is 33.0 Å². The number of aliphatic carboxylic acids is 2. The molecule has 0 bridgehead atoms. The van der Waals surface area contributed by atoms with Gasteiger partial charge >= 0.3 is 11.9 Å². The summed E-state index contributed by atoms with van der Waals surface area (Å²) in [5.41, 5.74) is 4.13. The second-order valence-electron chi connectivity index (χ2n) is 12.2. The number of hydrogen-bond donors (Lipinski definition) is 4. The summed E-state index contributed by atoms with van der Waals surface area (Å²) in [6.45, 7) is 2.96. The third-order valence-corrected chi connectivity index (χ3v) is 9.58. The summed E-state index contributed by atoms with van der Waals surface area (Å²) in [6.07, 6.45) is 2.64. The van der Waals surface area contributed by atoms with Crippen LogP contribution in [0, 0.1) is 17.8 Å². The number of alkyl halides is 1. The molecule has 5 unspecified atom stereocenters. The van der Waals surface area contributed by atoms with E-state index in [1.807, 2.05) is 37.3 Å². The maximum absolute atomic E-state index is 14.6. The van der Waals surface area contributed by atoms with Crippen LogP contribution in [0.4, 0.5) is 4.39 Å². The summed E-state index contributed by atoms with van der Waals surface area (Å²) < 4.78 is 26.3. The number of piperidine rings is 1. The predicted molar refractivity (Wildman–Crippen MR) is 177 cm³/mol. The van der Waals surface area contributed by atoms with Gasteiger partial charge in [0.2, 0.25) is 5.88 Å². The molecule has 10 nitrogen and oxygen atoms in total. The first kappa shape index (κ1) is 36.2. The Morgan fingerprint density at radius 2 is 1.68 bits per heavy atom. The van der Waals surface area contributed by atoms with Crippen LogP contribution in [0.15, 0.2) is 60.7 Å². The highest BCUT2D eigenvalue weighted by molar-refractivity contribution is 6.31. The van der Waals surface area contributed by atoms with Gasteiger partial charge in [-0.1, -0.05) is 79.4 Å². The Balaban J connectivity index is 1.53. The molecule has 254 valence electrons. The van der Waals surface area contributed by atoms with Crippen LogP contribution in [0.5, 0.6) is 5.88 Å². The van der Waals surface area contributed by atoms with Crippen LogP contribution in [-0.2, 0) is 14.3 Å². The summed E-state index contributed by atoms with van der Waals surface area (Å²) in [6, 6.07) is 15.9. The van der Waals surface area contributed by atoms with Gasteiger partial charge in [-0.25, -0.2) is 9.37 Å². The van der Waals surface area contributed by atoms with Crippen molar-refractivity contribution in [3.05, 3.63) is 76.9 Å². The van der Waals surface area contributed by atoms with Crippen molar-refractivity contribution in [3.8, 4) is 17.3 Å². The van der Waals surface area contributed by atoms with Crippen LogP contribution in [0.1, 0.15) is 56.2 Å². The number of ether oxygens (including phenoxy) is 2. The third kappa shape index (κ3) is 7.92. The van der Waals surface area contributed by atoms with E-state index in [0.717, 1.165) is 17.7 Å². The first-order chi connectivity index (χ1) is 22.6. The van der Waals surface area contributed by atoms with E-state index < -0.39 is 47.4 Å². The predicted octanol–water partition coefficient (Wildman–Crippen LogP) is 5.67. The Labute approximate surface area is 279 Å². The van der Waals surface area contributed by atoms with E-state index in [-0.39, 0.29) is 31.2 Å². The Morgan fingerprint density at radius 3 is 2.34 bits per heavy atom. The van der Waals surface area contributed by atoms with Crippen LogP contribution >= 0.6 is 11.6 Å². The fourth-order valence-corrected chi connectivity index (χ4v) is 7.09. The van der Waals surface area contributed by atoms with Crippen molar-refractivity contribution in [1.82, 2.24) is 15.3 Å². The average Bonchev–Trinajstić information content (AvgIpc) is 3.05. The van der Waals surface area contributed by atoms with E-state index in [4.69, 9.17) is 26.8 Å². The van der Waals surface area contributed by atoms with E-state index in [1.165, 1.54) is 6.92 Å². The molecule has 1 saturated heterocycles. The van der Waals surface area contributed by atoms with Crippen molar-refractivity contribution in [2.45, 2.75) is 64.0 Å². The maximum Gasteiger partial charge on any atom is 0.311 e. The molecular weight excluding hydrogens is 627 g/mol. The topological polar surface area (TPSA) is 157 Å². The monoisotopic (exact) mass is 670 g/mol. The van der Waals surface area contributed by atoms with Gasteiger partial charge in [0.25, 0.3) is 0 Å². The number of hydrogen-bond acceptors (Lipinski definition) is 8. The lowest BCUT2D eigenvalue weighted by Gasteiger charge is -2.57. The Morgan fingerprint density at radius 1 is 0.979 bits per heavy atom. The fourth-order valence-electron chi connectivity index (χ4n) is 6.85. The van der Waals surface area contributed by atoms with E-state index in [9.17, 15) is 24.2 Å². The zero-order chi connectivity index (χ0) is 34.0. The van der Waals surface area contributed by atoms with Gasteiger partial charge < -0.3 is 30.7 Å². The first-order valence-electron chi connectivity index (χ1n) is 15.9. The van der Waals surface area contributed by atoms with E-state index in [2.05, 4.69) is 15.3 Å². The van der Waals surface area contributed by atoms with Crippen LogP contribution in [-0.4, -0.2) is 77.2 Å². The van der Waals surface area contributed by atoms with Crippen LogP contribution in [0.25, 0.3) is 11.4 Å². The second kappa shape index (κ2) is 16.5. The minimum atomic E-state index is -1.84. The molecule has 1 fully saturated rings. The van der Waals surface area contributed by atoms with E-state index in [1.54, 1.807) is 30.3 Å². The standard InChI is InChI=1S/C35H44ClFN4O6/c1-23-20-29(41-31(39-23)24-12-6-5-7-13-24)47-18-11-4-3-10-16-35(33(44)45)28(22-46-19-17-38)40-27(21-37)34(2,32(42)43)30(35)25-14-8-9-15-26(25)36/h5-9,12-15,20,27-28,30,40H,3-4,10-11,16-19,21-22,38H2,1-2H3,(H,42,43)(H,44,45). The average molecular weight is 671 g/mol. The molecule has 2 aromatic carbocycles. The maximum atomic E-state index is 14.6. The van der Waals surface area contributed by atoms with Crippen molar-refractivity contribution < 1.29 is 33.7 Å². The third-order valence-electron chi connectivity index (χ3n) is 9.24. The number of aryl methyl sites for hydroxylation is 1. The molecular formula is C35H44ClFN4O6. The molecule has 0 spiro atoms. The zero-order valence-electron chi connectivity index (χ0n) is 26.8. The van der Waals surface area contributed by atoms with E-state index >= 15 is 0 Å². The highest BCUT2D eigenvalue weighted by Gasteiger charge is 2.67. The Kier molecular flexibility index (Phi) is 12.7. The van der Waals surface area contributed by atoms with Crippen LogP contribution < -0.4 is 15.8 Å². The number of carboxylic acid groups (broad SMARTS) is 2. The summed E-state index contributed by atoms with van der Waals surface area (Å²) in [5, 5.41) is 24.9. The number of nitrogens with two attached hydrogens (primary N) is 1. The molecule has 3 aromatic rings. The van der Waals surface area contributed by atoms with Gasteiger partial charge in [0.15, 0.2) is 5.82 Å². The number of rotatable bonds is 17. The molecule has 1 aromatic heterocycles. The molecule has 5 N–H and O–H groups in total. The molecule has 0 amide bonds. The number of unbranched alkanes of at least 4 members (excludes halogenated alkanes) is 3. The molecule has 4 rings (SSSR count). The molecule has 1 aliphatic rings. The molecule has 5 atom stereocenters. The lowest BCUT2D eigenvalue weighted by molar-refractivity contribution is -0.176. The number of aromatic nitrogens is 2. The van der Waals surface area contributed by atoms with Crippen molar-refractivity contribution in [1.29, 1.82) is 0 Å². The SMILES string of the molecule is Cc1cc(OCCCCCCC2(C(=O)O)C(COCCN)NC(CF)C(C)(C(=O)O)C2c2ccccc2Cl)nc(-c2ccccc2)n1. The highest BCUT2D eigenvalue weighted by Crippen LogP contribution is 2.58. The highest BCUT2D eigenvalue weighted by atomic mass is 35.5. The van der Waals surface area contributed by atoms with Crippen LogP contribution in [0.2, 0.25) is 5.02 Å². The number of carbonyl (C=O) groups is 2. The Bertz CT molecular complexity index is 1500. The second-order valence-corrected chi connectivity index (χ2v) is 12.6. The number of benzene rings is 2. The molecule has 1 aliphatic heterocycles. The quantitative estimate of drug-likeness (QED) is 0.132. The normalized spacial score (nSPS) is 24.1. The van der Waals surface area contributed by atoms with E-state index in [0.29, 0.717) is 43.1 Å². The molecule has 0 radical (unpaired) electrons.